The summed E-state index contributed by atoms with van der Waals surface area (Å²) in [6.07, 6.45) is 3.98. The Balaban J connectivity index is 1.65. The van der Waals surface area contributed by atoms with Crippen molar-refractivity contribution in [2.24, 2.45) is 7.05 Å². The molecule has 2 aromatic rings. The van der Waals surface area contributed by atoms with Crippen LogP contribution < -0.4 is 10.2 Å². The lowest BCUT2D eigenvalue weighted by Crippen LogP contribution is -2.42. The number of nitrogens with zero attached hydrogens (tertiary/aromatic N) is 5. The molecule has 1 aliphatic carbocycles. The monoisotopic (exact) mass is 318 g/mol. The fourth-order valence-corrected chi connectivity index (χ4v) is 3.60. The maximum atomic E-state index is 12.6. The van der Waals surface area contributed by atoms with Gasteiger partial charge in [-0.1, -0.05) is 11.3 Å². The lowest BCUT2D eigenvalue weighted by atomic mass is 9.97. The van der Waals surface area contributed by atoms with Gasteiger partial charge in [0.15, 0.2) is 0 Å². The van der Waals surface area contributed by atoms with E-state index >= 15 is 0 Å². The SMILES string of the molecule is Cc1nnc(N2Cc3ncn(C)c3C(C(=O)NC3CC3)C2)s1. The van der Waals surface area contributed by atoms with E-state index in [2.05, 4.69) is 25.4 Å². The van der Waals surface area contributed by atoms with E-state index in [9.17, 15) is 4.79 Å². The molecular weight excluding hydrogens is 300 g/mol. The van der Waals surface area contributed by atoms with E-state index in [4.69, 9.17) is 0 Å². The Morgan fingerprint density at radius 3 is 2.91 bits per heavy atom. The molecule has 0 spiro atoms. The molecule has 8 heteroatoms. The van der Waals surface area contributed by atoms with Crippen LogP contribution in [0.25, 0.3) is 0 Å². The van der Waals surface area contributed by atoms with Gasteiger partial charge in [-0.25, -0.2) is 4.98 Å². The third-order valence-corrected chi connectivity index (χ3v) is 5.06. The van der Waals surface area contributed by atoms with Crippen LogP contribution in [0.4, 0.5) is 5.13 Å². The van der Waals surface area contributed by atoms with E-state index in [1.807, 2.05) is 18.5 Å². The molecule has 7 nitrogen and oxygen atoms in total. The molecular formula is C14H18N6OS. The summed E-state index contributed by atoms with van der Waals surface area (Å²) in [5.41, 5.74) is 1.98. The minimum Gasteiger partial charge on any atom is -0.353 e. The maximum absolute atomic E-state index is 12.6. The van der Waals surface area contributed by atoms with Gasteiger partial charge in [-0.3, -0.25) is 4.79 Å². The first-order valence-electron chi connectivity index (χ1n) is 7.47. The van der Waals surface area contributed by atoms with Crippen molar-refractivity contribution in [2.75, 3.05) is 11.4 Å². The molecule has 0 bridgehead atoms. The standard InChI is InChI=1S/C14H18N6OS/c1-8-17-18-14(22-8)20-5-10(13(21)16-9-3-4-9)12-11(6-20)15-7-19(12)2/h7,9-10H,3-6H2,1-2H3,(H,16,21). The average molecular weight is 318 g/mol. The molecule has 1 saturated carbocycles. The van der Waals surface area contributed by atoms with Gasteiger partial charge >= 0.3 is 0 Å². The van der Waals surface area contributed by atoms with Crippen LogP contribution in [-0.2, 0) is 18.4 Å². The molecule has 1 unspecified atom stereocenters. The lowest BCUT2D eigenvalue weighted by Gasteiger charge is -2.31. The number of hydrogen-bond donors (Lipinski definition) is 1. The highest BCUT2D eigenvalue weighted by atomic mass is 32.1. The highest BCUT2D eigenvalue weighted by Crippen LogP contribution is 2.33. The first kappa shape index (κ1) is 13.7. The van der Waals surface area contributed by atoms with Gasteiger partial charge in [-0.2, -0.15) is 0 Å². The molecule has 0 aromatic carbocycles. The van der Waals surface area contributed by atoms with Gasteiger partial charge in [0.25, 0.3) is 0 Å². The number of hydrogen-bond acceptors (Lipinski definition) is 6. The number of anilines is 1. The van der Waals surface area contributed by atoms with Gasteiger partial charge in [0.05, 0.1) is 30.2 Å². The third kappa shape index (κ3) is 2.37. The molecule has 4 rings (SSSR count). The number of carbonyl (C=O) groups excluding carboxylic acids is 1. The summed E-state index contributed by atoms with van der Waals surface area (Å²) in [6, 6.07) is 0.364. The first-order chi connectivity index (χ1) is 10.6. The molecule has 22 heavy (non-hydrogen) atoms. The molecule has 1 aliphatic heterocycles. The van der Waals surface area contributed by atoms with E-state index in [1.165, 1.54) is 0 Å². The quantitative estimate of drug-likeness (QED) is 0.912. The number of amides is 1. The molecule has 2 aliphatic rings. The minimum atomic E-state index is -0.207. The van der Waals surface area contributed by atoms with Crippen molar-refractivity contribution in [3.8, 4) is 0 Å². The summed E-state index contributed by atoms with van der Waals surface area (Å²) in [4.78, 5) is 19.2. The van der Waals surface area contributed by atoms with Crippen molar-refractivity contribution in [1.82, 2.24) is 25.1 Å². The van der Waals surface area contributed by atoms with Crippen LogP contribution >= 0.6 is 11.3 Å². The zero-order valence-corrected chi connectivity index (χ0v) is 13.4. The molecule has 3 heterocycles. The number of aryl methyl sites for hydroxylation is 2. The number of aromatic nitrogens is 4. The van der Waals surface area contributed by atoms with Gasteiger partial charge in [0, 0.05) is 19.6 Å². The molecule has 2 aromatic heterocycles. The Labute approximate surface area is 132 Å². The van der Waals surface area contributed by atoms with Crippen molar-refractivity contribution in [1.29, 1.82) is 0 Å². The van der Waals surface area contributed by atoms with Crippen molar-refractivity contribution in [3.05, 3.63) is 22.7 Å². The average Bonchev–Trinajstić information content (AvgIpc) is 3.08. The predicted octanol–water partition coefficient (Wildman–Crippen LogP) is 0.962. The van der Waals surface area contributed by atoms with Gasteiger partial charge in [0.1, 0.15) is 5.01 Å². The summed E-state index contributed by atoms with van der Waals surface area (Å²) in [7, 11) is 1.95. The van der Waals surface area contributed by atoms with E-state index in [1.54, 1.807) is 17.7 Å². The van der Waals surface area contributed by atoms with Crippen LogP contribution in [0.5, 0.6) is 0 Å². The van der Waals surface area contributed by atoms with Gasteiger partial charge in [0.2, 0.25) is 11.0 Å². The van der Waals surface area contributed by atoms with E-state index in [0.29, 0.717) is 19.1 Å². The highest BCUT2D eigenvalue weighted by Gasteiger charge is 2.37. The fraction of sp³-hybridized carbons (Fsp3) is 0.571. The number of imidazole rings is 1. The number of fused-ring (bicyclic) bond motifs is 1. The smallest absolute Gasteiger partial charge is 0.231 e. The second-order valence-corrected chi connectivity index (χ2v) is 7.17. The Bertz CT molecular complexity index is 719. The van der Waals surface area contributed by atoms with Crippen molar-refractivity contribution >= 4 is 22.4 Å². The second-order valence-electron chi connectivity index (χ2n) is 6.01. The molecule has 1 fully saturated rings. The van der Waals surface area contributed by atoms with Gasteiger partial charge < -0.3 is 14.8 Å². The van der Waals surface area contributed by atoms with Crippen molar-refractivity contribution < 1.29 is 4.79 Å². The number of rotatable bonds is 3. The van der Waals surface area contributed by atoms with Crippen LogP contribution in [0.15, 0.2) is 6.33 Å². The van der Waals surface area contributed by atoms with Crippen LogP contribution in [0.3, 0.4) is 0 Å². The van der Waals surface area contributed by atoms with Gasteiger partial charge in [-0.05, 0) is 19.8 Å². The van der Waals surface area contributed by atoms with Crippen LogP contribution in [0, 0.1) is 6.92 Å². The molecule has 1 N–H and O–H groups in total. The fourth-order valence-electron chi connectivity index (χ4n) is 2.91. The lowest BCUT2D eigenvalue weighted by molar-refractivity contribution is -0.122. The second kappa shape index (κ2) is 5.05. The zero-order valence-electron chi connectivity index (χ0n) is 12.6. The van der Waals surface area contributed by atoms with E-state index in [-0.39, 0.29) is 11.8 Å². The predicted molar refractivity (Wildman–Crippen MR) is 82.8 cm³/mol. The van der Waals surface area contributed by atoms with Crippen LogP contribution in [0.1, 0.15) is 35.2 Å². The zero-order chi connectivity index (χ0) is 15.3. The Morgan fingerprint density at radius 2 is 2.23 bits per heavy atom. The molecule has 1 atom stereocenters. The van der Waals surface area contributed by atoms with Gasteiger partial charge in [-0.15, -0.1) is 10.2 Å². The first-order valence-corrected chi connectivity index (χ1v) is 8.29. The Morgan fingerprint density at radius 1 is 1.41 bits per heavy atom. The topological polar surface area (TPSA) is 75.9 Å². The summed E-state index contributed by atoms with van der Waals surface area (Å²) in [5.74, 6) is -0.112. The minimum absolute atomic E-state index is 0.0956. The van der Waals surface area contributed by atoms with Crippen molar-refractivity contribution in [3.63, 3.8) is 0 Å². The number of carbonyl (C=O) groups is 1. The maximum Gasteiger partial charge on any atom is 0.231 e. The summed E-state index contributed by atoms with van der Waals surface area (Å²) in [5, 5.41) is 13.2. The summed E-state index contributed by atoms with van der Waals surface area (Å²) < 4.78 is 1.97. The number of nitrogens with one attached hydrogen (secondary N) is 1. The molecule has 0 radical (unpaired) electrons. The largest absolute Gasteiger partial charge is 0.353 e. The molecule has 1 amide bonds. The molecule has 0 saturated heterocycles. The van der Waals surface area contributed by atoms with Crippen LogP contribution in [-0.4, -0.2) is 38.2 Å². The van der Waals surface area contributed by atoms with E-state index < -0.39 is 0 Å². The van der Waals surface area contributed by atoms with Crippen molar-refractivity contribution in [2.45, 2.75) is 38.3 Å². The summed E-state index contributed by atoms with van der Waals surface area (Å²) >= 11 is 1.55. The van der Waals surface area contributed by atoms with E-state index in [0.717, 1.165) is 34.4 Å². The normalized spacial score (nSPS) is 20.8. The third-order valence-electron chi connectivity index (χ3n) is 4.16. The Kier molecular flexibility index (Phi) is 3.14. The molecule has 116 valence electrons. The summed E-state index contributed by atoms with van der Waals surface area (Å²) in [6.45, 7) is 3.24. The Hall–Kier alpha value is -1.96. The van der Waals surface area contributed by atoms with Crippen LogP contribution in [0.2, 0.25) is 0 Å². The highest BCUT2D eigenvalue weighted by molar-refractivity contribution is 7.15.